The highest BCUT2D eigenvalue weighted by molar-refractivity contribution is 7.09. The van der Waals surface area contributed by atoms with Crippen LogP contribution in [0, 0.1) is 0 Å². The summed E-state index contributed by atoms with van der Waals surface area (Å²) in [5.41, 5.74) is 0. The molecule has 116 valence electrons. The summed E-state index contributed by atoms with van der Waals surface area (Å²) in [4.78, 5) is 16.1. The van der Waals surface area contributed by atoms with E-state index >= 15 is 0 Å². The fourth-order valence-corrected chi connectivity index (χ4v) is 3.86. The number of thiophene rings is 1. The SMILES string of the molecule is O=C([C@@H]1CCCCN1)N(Cc1cccs1)CC1CCCO1. The summed E-state index contributed by atoms with van der Waals surface area (Å²) in [5.74, 6) is 0.249. The molecule has 4 nitrogen and oxygen atoms in total. The van der Waals surface area contributed by atoms with Gasteiger partial charge in [0, 0.05) is 18.0 Å². The lowest BCUT2D eigenvalue weighted by Crippen LogP contribution is -2.50. The molecular formula is C16H24N2O2S. The molecule has 3 rings (SSSR count). The molecule has 2 aliphatic heterocycles. The summed E-state index contributed by atoms with van der Waals surface area (Å²) in [7, 11) is 0. The molecule has 1 aromatic rings. The molecule has 0 aromatic carbocycles. The zero-order valence-electron chi connectivity index (χ0n) is 12.4. The van der Waals surface area contributed by atoms with Gasteiger partial charge >= 0.3 is 0 Å². The normalized spacial score (nSPS) is 25.9. The van der Waals surface area contributed by atoms with E-state index in [2.05, 4.69) is 16.8 Å². The summed E-state index contributed by atoms with van der Waals surface area (Å²) in [6.07, 6.45) is 5.71. The van der Waals surface area contributed by atoms with Crippen molar-refractivity contribution in [3.63, 3.8) is 0 Å². The third-order valence-corrected chi connectivity index (χ3v) is 5.16. The fourth-order valence-electron chi connectivity index (χ4n) is 3.14. The topological polar surface area (TPSA) is 41.6 Å². The maximum atomic E-state index is 12.8. The van der Waals surface area contributed by atoms with Crippen molar-refractivity contribution in [2.24, 2.45) is 0 Å². The average molecular weight is 308 g/mol. The van der Waals surface area contributed by atoms with Crippen molar-refractivity contribution >= 4 is 17.2 Å². The largest absolute Gasteiger partial charge is 0.376 e. The van der Waals surface area contributed by atoms with Crippen LogP contribution in [-0.2, 0) is 16.1 Å². The van der Waals surface area contributed by atoms with Crippen molar-refractivity contribution in [2.75, 3.05) is 19.7 Å². The number of nitrogens with zero attached hydrogens (tertiary/aromatic N) is 1. The second kappa shape index (κ2) is 7.38. The molecule has 5 heteroatoms. The van der Waals surface area contributed by atoms with Crippen molar-refractivity contribution in [1.29, 1.82) is 0 Å². The van der Waals surface area contributed by atoms with Crippen molar-refractivity contribution in [2.45, 2.75) is 50.8 Å². The lowest BCUT2D eigenvalue weighted by molar-refractivity contribution is -0.136. The van der Waals surface area contributed by atoms with Gasteiger partial charge in [0.25, 0.3) is 0 Å². The molecule has 0 saturated carbocycles. The predicted molar refractivity (Wildman–Crippen MR) is 84.4 cm³/mol. The van der Waals surface area contributed by atoms with Gasteiger partial charge in [-0.1, -0.05) is 12.5 Å². The first-order valence-electron chi connectivity index (χ1n) is 7.99. The average Bonchev–Trinajstić information content (AvgIpc) is 3.20. The Labute approximate surface area is 130 Å². The van der Waals surface area contributed by atoms with Crippen LogP contribution in [0.3, 0.4) is 0 Å². The van der Waals surface area contributed by atoms with E-state index in [-0.39, 0.29) is 18.1 Å². The lowest BCUT2D eigenvalue weighted by atomic mass is 10.0. The second-order valence-corrected chi connectivity index (χ2v) is 6.97. The minimum atomic E-state index is 0.000107. The number of rotatable bonds is 5. The van der Waals surface area contributed by atoms with Gasteiger partial charge in [-0.2, -0.15) is 0 Å². The summed E-state index contributed by atoms with van der Waals surface area (Å²) < 4.78 is 5.73. The number of piperidine rings is 1. The van der Waals surface area contributed by atoms with Crippen LogP contribution in [0.15, 0.2) is 17.5 Å². The molecule has 0 bridgehead atoms. The van der Waals surface area contributed by atoms with Crippen LogP contribution in [0.1, 0.15) is 37.0 Å². The van der Waals surface area contributed by atoms with Crippen LogP contribution in [0.4, 0.5) is 0 Å². The lowest BCUT2D eigenvalue weighted by Gasteiger charge is -2.31. The van der Waals surface area contributed by atoms with Crippen LogP contribution >= 0.6 is 11.3 Å². The predicted octanol–water partition coefficient (Wildman–Crippen LogP) is 2.40. The van der Waals surface area contributed by atoms with Gasteiger partial charge in [0.1, 0.15) is 0 Å². The van der Waals surface area contributed by atoms with Gasteiger partial charge in [-0.15, -0.1) is 11.3 Å². The van der Waals surface area contributed by atoms with Gasteiger partial charge in [0.2, 0.25) is 5.91 Å². The first-order chi connectivity index (χ1) is 10.3. The second-order valence-electron chi connectivity index (χ2n) is 5.94. The Balaban J connectivity index is 1.65. The number of ether oxygens (including phenoxy) is 1. The summed E-state index contributed by atoms with van der Waals surface area (Å²) >= 11 is 1.72. The van der Waals surface area contributed by atoms with Crippen molar-refractivity contribution in [3.05, 3.63) is 22.4 Å². The summed E-state index contributed by atoms with van der Waals surface area (Å²) in [6, 6.07) is 4.16. The zero-order valence-corrected chi connectivity index (χ0v) is 13.2. The van der Waals surface area contributed by atoms with Gasteiger partial charge in [-0.25, -0.2) is 0 Å². The molecule has 1 unspecified atom stereocenters. The molecular weight excluding hydrogens is 284 g/mol. The van der Waals surface area contributed by atoms with Crippen LogP contribution in [0.5, 0.6) is 0 Å². The van der Waals surface area contributed by atoms with E-state index in [0.29, 0.717) is 6.54 Å². The Morgan fingerprint density at radius 3 is 3.00 bits per heavy atom. The highest BCUT2D eigenvalue weighted by atomic mass is 32.1. The Hall–Kier alpha value is -0.910. The van der Waals surface area contributed by atoms with Gasteiger partial charge in [-0.3, -0.25) is 4.79 Å². The maximum absolute atomic E-state index is 12.8. The number of nitrogens with one attached hydrogen (secondary N) is 1. The smallest absolute Gasteiger partial charge is 0.240 e. The van der Waals surface area contributed by atoms with E-state index in [4.69, 9.17) is 4.74 Å². The zero-order chi connectivity index (χ0) is 14.5. The molecule has 3 heterocycles. The van der Waals surface area contributed by atoms with E-state index in [0.717, 1.165) is 45.4 Å². The minimum absolute atomic E-state index is 0.000107. The van der Waals surface area contributed by atoms with E-state index in [1.165, 1.54) is 11.3 Å². The molecule has 1 N–H and O–H groups in total. The molecule has 1 amide bonds. The Morgan fingerprint density at radius 2 is 2.33 bits per heavy atom. The van der Waals surface area contributed by atoms with Crippen LogP contribution in [0.2, 0.25) is 0 Å². The van der Waals surface area contributed by atoms with Gasteiger partial charge < -0.3 is 15.0 Å². The molecule has 1 aromatic heterocycles. The van der Waals surface area contributed by atoms with E-state index < -0.39 is 0 Å². The summed E-state index contributed by atoms with van der Waals surface area (Å²) in [6.45, 7) is 3.25. The molecule has 21 heavy (non-hydrogen) atoms. The third kappa shape index (κ3) is 4.05. The van der Waals surface area contributed by atoms with Crippen LogP contribution in [-0.4, -0.2) is 42.6 Å². The number of carbonyl (C=O) groups excluding carboxylic acids is 1. The van der Waals surface area contributed by atoms with Crippen molar-refractivity contribution in [1.82, 2.24) is 10.2 Å². The Morgan fingerprint density at radius 1 is 1.38 bits per heavy atom. The molecule has 2 aliphatic rings. The third-order valence-electron chi connectivity index (χ3n) is 4.29. The highest BCUT2D eigenvalue weighted by Crippen LogP contribution is 2.19. The van der Waals surface area contributed by atoms with Crippen molar-refractivity contribution < 1.29 is 9.53 Å². The first kappa shape index (κ1) is 15.0. The van der Waals surface area contributed by atoms with Gasteiger partial charge in [0.05, 0.1) is 18.7 Å². The first-order valence-corrected chi connectivity index (χ1v) is 8.87. The molecule has 0 spiro atoms. The van der Waals surface area contributed by atoms with E-state index in [1.807, 2.05) is 11.0 Å². The highest BCUT2D eigenvalue weighted by Gasteiger charge is 2.29. The van der Waals surface area contributed by atoms with Gasteiger partial charge in [0.15, 0.2) is 0 Å². The standard InChI is InChI=1S/C16H24N2O2S/c19-16(15-7-1-2-8-17-15)18(11-13-5-3-9-20-13)12-14-6-4-10-21-14/h4,6,10,13,15,17H,1-3,5,7-9,11-12H2/t13?,15-/m0/s1. The molecule has 0 radical (unpaired) electrons. The van der Waals surface area contributed by atoms with Crippen LogP contribution < -0.4 is 5.32 Å². The van der Waals surface area contributed by atoms with E-state index in [9.17, 15) is 4.79 Å². The summed E-state index contributed by atoms with van der Waals surface area (Å²) in [5, 5.41) is 5.45. The fraction of sp³-hybridized carbons (Fsp3) is 0.688. The van der Waals surface area contributed by atoms with Gasteiger partial charge in [-0.05, 0) is 43.7 Å². The monoisotopic (exact) mass is 308 g/mol. The molecule has 2 atom stereocenters. The maximum Gasteiger partial charge on any atom is 0.240 e. The number of hydrogen-bond donors (Lipinski definition) is 1. The minimum Gasteiger partial charge on any atom is -0.376 e. The molecule has 2 saturated heterocycles. The molecule has 0 aliphatic carbocycles. The molecule has 2 fully saturated rings. The Bertz CT molecular complexity index is 437. The quantitative estimate of drug-likeness (QED) is 0.908. The number of amides is 1. The number of carbonyl (C=O) groups is 1. The number of hydrogen-bond acceptors (Lipinski definition) is 4. The Kier molecular flexibility index (Phi) is 5.27. The van der Waals surface area contributed by atoms with E-state index in [1.54, 1.807) is 11.3 Å². The van der Waals surface area contributed by atoms with Crippen molar-refractivity contribution in [3.8, 4) is 0 Å². The van der Waals surface area contributed by atoms with Crippen LogP contribution in [0.25, 0.3) is 0 Å².